The van der Waals surface area contributed by atoms with E-state index in [4.69, 9.17) is 23.7 Å². The molecule has 3 aromatic carbocycles. The van der Waals surface area contributed by atoms with Crippen LogP contribution in [0.2, 0.25) is 0 Å². The Morgan fingerprint density at radius 2 is 1.62 bits per heavy atom. The van der Waals surface area contributed by atoms with E-state index in [1.54, 1.807) is 18.2 Å². The summed E-state index contributed by atoms with van der Waals surface area (Å²) < 4.78 is 28.0. The Labute approximate surface area is 227 Å². The lowest BCUT2D eigenvalue weighted by atomic mass is 9.64. The highest BCUT2D eigenvalue weighted by Crippen LogP contribution is 2.53. The molecule has 3 N–H and O–H groups in total. The first-order valence-corrected chi connectivity index (χ1v) is 12.8. The maximum absolute atomic E-state index is 14.0. The molecule has 9 heteroatoms. The minimum Gasteiger partial charge on any atom is -0.493 e. The molecule has 0 radical (unpaired) electrons. The van der Waals surface area contributed by atoms with Gasteiger partial charge in [0.25, 0.3) is 0 Å². The Morgan fingerprint density at radius 3 is 2.21 bits per heavy atom. The van der Waals surface area contributed by atoms with Crippen LogP contribution in [0.5, 0.6) is 28.7 Å². The fraction of sp³-hybridized carbons (Fsp3) is 0.367. The third kappa shape index (κ3) is 4.72. The third-order valence-electron chi connectivity index (χ3n) is 7.73. The quantitative estimate of drug-likeness (QED) is 0.402. The lowest BCUT2D eigenvalue weighted by Gasteiger charge is -2.41. The van der Waals surface area contributed by atoms with Gasteiger partial charge in [0.1, 0.15) is 0 Å². The van der Waals surface area contributed by atoms with Crippen LogP contribution in [0.3, 0.4) is 0 Å². The Hall–Kier alpha value is -3.95. The van der Waals surface area contributed by atoms with Gasteiger partial charge < -0.3 is 39.2 Å². The normalized spacial score (nSPS) is 21.2. The van der Waals surface area contributed by atoms with Crippen molar-refractivity contribution >= 4 is 5.91 Å². The Bertz CT molecular complexity index is 1350. The van der Waals surface area contributed by atoms with Crippen LogP contribution in [0.1, 0.15) is 39.8 Å². The van der Waals surface area contributed by atoms with Gasteiger partial charge in [-0.25, -0.2) is 0 Å². The molecule has 206 valence electrons. The lowest BCUT2D eigenvalue weighted by Crippen LogP contribution is -2.45. The van der Waals surface area contributed by atoms with E-state index in [2.05, 4.69) is 5.32 Å². The van der Waals surface area contributed by atoms with Crippen molar-refractivity contribution in [1.29, 1.82) is 0 Å². The number of hydrogen-bond donors (Lipinski definition) is 3. The van der Waals surface area contributed by atoms with Gasteiger partial charge in [-0.05, 0) is 59.0 Å². The van der Waals surface area contributed by atoms with Crippen LogP contribution in [0.4, 0.5) is 0 Å². The monoisotopic (exact) mass is 535 g/mol. The van der Waals surface area contributed by atoms with Crippen molar-refractivity contribution in [3.05, 3.63) is 76.3 Å². The number of methoxy groups -OCH3 is 3. The van der Waals surface area contributed by atoms with Crippen LogP contribution >= 0.6 is 0 Å². The second kappa shape index (κ2) is 11.0. The van der Waals surface area contributed by atoms with E-state index in [1.807, 2.05) is 37.3 Å². The smallest absolute Gasteiger partial charge is 0.231 e. The van der Waals surface area contributed by atoms with Crippen LogP contribution in [0, 0.1) is 18.8 Å². The van der Waals surface area contributed by atoms with Crippen LogP contribution in [-0.2, 0) is 11.3 Å². The SMILES string of the molecule is COc1cc(C2c3cc4c(cc3C(O)C(CO)C2C(=O)NCc2ccccc2C)OCO4)cc(OC)c1OC. The Kier molecular flexibility index (Phi) is 7.54. The van der Waals surface area contributed by atoms with Crippen molar-refractivity contribution in [2.24, 2.45) is 11.8 Å². The van der Waals surface area contributed by atoms with E-state index in [0.717, 1.165) is 11.1 Å². The van der Waals surface area contributed by atoms with Gasteiger partial charge in [-0.3, -0.25) is 4.79 Å². The lowest BCUT2D eigenvalue weighted by molar-refractivity contribution is -0.131. The van der Waals surface area contributed by atoms with Gasteiger partial charge >= 0.3 is 0 Å². The average molecular weight is 536 g/mol. The molecular formula is C30H33NO8. The number of hydrogen-bond acceptors (Lipinski definition) is 8. The highest BCUT2D eigenvalue weighted by molar-refractivity contribution is 5.82. The summed E-state index contributed by atoms with van der Waals surface area (Å²) in [6.07, 6.45) is -1.10. The average Bonchev–Trinajstić information content (AvgIpc) is 3.42. The summed E-state index contributed by atoms with van der Waals surface area (Å²) in [6, 6.07) is 15.0. The molecule has 1 heterocycles. The van der Waals surface area contributed by atoms with E-state index < -0.39 is 30.5 Å². The number of nitrogens with one attached hydrogen (secondary N) is 1. The number of fused-ring (bicyclic) bond motifs is 2. The summed E-state index contributed by atoms with van der Waals surface area (Å²) in [7, 11) is 4.58. The molecule has 4 atom stereocenters. The van der Waals surface area contributed by atoms with Gasteiger partial charge in [0.15, 0.2) is 23.0 Å². The highest BCUT2D eigenvalue weighted by Gasteiger charge is 2.47. The maximum Gasteiger partial charge on any atom is 0.231 e. The molecule has 1 aliphatic heterocycles. The molecule has 4 unspecified atom stereocenters. The largest absolute Gasteiger partial charge is 0.493 e. The summed E-state index contributed by atoms with van der Waals surface area (Å²) >= 11 is 0. The highest BCUT2D eigenvalue weighted by atomic mass is 16.7. The molecule has 1 aliphatic carbocycles. The zero-order valence-corrected chi connectivity index (χ0v) is 22.4. The van der Waals surface area contributed by atoms with Crippen LogP contribution in [-0.4, -0.2) is 50.8 Å². The van der Waals surface area contributed by atoms with Crippen molar-refractivity contribution in [3.8, 4) is 28.7 Å². The van der Waals surface area contributed by atoms with E-state index in [1.165, 1.54) is 21.3 Å². The standard InChI is InChI=1S/C30H33NO8/c1-16-7-5-6-8-17(16)13-31-30(34)27-21(14-32)28(33)20-12-23-22(38-15-39-23)11-19(20)26(27)18-9-24(35-2)29(37-4)25(10-18)36-3/h5-12,21,26-28,32-33H,13-15H2,1-4H3,(H,31,34). The summed E-state index contributed by atoms with van der Waals surface area (Å²) in [6.45, 7) is 1.96. The second-order valence-corrected chi connectivity index (χ2v) is 9.73. The minimum absolute atomic E-state index is 0.0624. The summed E-state index contributed by atoms with van der Waals surface area (Å²) in [5, 5.41) is 25.0. The number of carbonyl (C=O) groups excluding carboxylic acids is 1. The molecule has 0 saturated heterocycles. The van der Waals surface area contributed by atoms with Crippen LogP contribution in [0.25, 0.3) is 0 Å². The third-order valence-corrected chi connectivity index (χ3v) is 7.73. The number of amides is 1. The summed E-state index contributed by atoms with van der Waals surface area (Å²) in [4.78, 5) is 14.0. The molecule has 0 saturated carbocycles. The van der Waals surface area contributed by atoms with Gasteiger partial charge in [0.05, 0.1) is 33.4 Å². The molecule has 2 aliphatic rings. The number of aliphatic hydroxyl groups is 2. The molecule has 0 fully saturated rings. The molecule has 39 heavy (non-hydrogen) atoms. The van der Waals surface area contributed by atoms with Crippen molar-refractivity contribution in [2.75, 3.05) is 34.7 Å². The minimum atomic E-state index is -1.10. The van der Waals surface area contributed by atoms with Crippen molar-refractivity contribution in [1.82, 2.24) is 5.32 Å². The van der Waals surface area contributed by atoms with E-state index in [9.17, 15) is 15.0 Å². The van der Waals surface area contributed by atoms with Gasteiger partial charge in [-0.2, -0.15) is 0 Å². The Balaban J connectivity index is 1.66. The van der Waals surface area contributed by atoms with E-state index in [-0.39, 0.29) is 12.7 Å². The zero-order chi connectivity index (χ0) is 27.7. The molecule has 3 aromatic rings. The number of carbonyl (C=O) groups is 1. The predicted octanol–water partition coefficient (Wildman–Crippen LogP) is 3.47. The molecule has 1 amide bonds. The first kappa shape index (κ1) is 26.6. The number of benzene rings is 3. The number of aryl methyl sites for hydroxylation is 1. The number of rotatable bonds is 8. The van der Waals surface area contributed by atoms with Gasteiger partial charge in [0.2, 0.25) is 18.4 Å². The van der Waals surface area contributed by atoms with Crippen LogP contribution in [0.15, 0.2) is 48.5 Å². The van der Waals surface area contributed by atoms with Gasteiger partial charge in [0, 0.05) is 25.0 Å². The predicted molar refractivity (Wildman–Crippen MR) is 143 cm³/mol. The van der Waals surface area contributed by atoms with Crippen LogP contribution < -0.4 is 29.0 Å². The van der Waals surface area contributed by atoms with E-state index in [0.29, 0.717) is 52.0 Å². The molecule has 9 nitrogen and oxygen atoms in total. The second-order valence-electron chi connectivity index (χ2n) is 9.73. The van der Waals surface area contributed by atoms with Crippen molar-refractivity contribution in [2.45, 2.75) is 25.5 Å². The molecule has 0 aromatic heterocycles. The fourth-order valence-corrected chi connectivity index (χ4v) is 5.70. The van der Waals surface area contributed by atoms with Crippen molar-refractivity contribution in [3.63, 3.8) is 0 Å². The Morgan fingerprint density at radius 1 is 0.974 bits per heavy atom. The van der Waals surface area contributed by atoms with Gasteiger partial charge in [-0.1, -0.05) is 24.3 Å². The molecule has 5 rings (SSSR count). The molecule has 0 spiro atoms. The van der Waals surface area contributed by atoms with Crippen molar-refractivity contribution < 1.29 is 38.7 Å². The summed E-state index contributed by atoms with van der Waals surface area (Å²) in [5.74, 6) is -0.178. The summed E-state index contributed by atoms with van der Waals surface area (Å²) in [5.41, 5.74) is 4.00. The topological polar surface area (TPSA) is 116 Å². The molecular weight excluding hydrogens is 502 g/mol. The first-order valence-electron chi connectivity index (χ1n) is 12.8. The molecule has 0 bridgehead atoms. The fourth-order valence-electron chi connectivity index (χ4n) is 5.70. The first-order chi connectivity index (χ1) is 18.9. The van der Waals surface area contributed by atoms with E-state index >= 15 is 0 Å². The van der Waals surface area contributed by atoms with Gasteiger partial charge in [-0.15, -0.1) is 0 Å². The number of ether oxygens (including phenoxy) is 5. The zero-order valence-electron chi connectivity index (χ0n) is 22.4. The maximum atomic E-state index is 14.0. The number of aliphatic hydroxyl groups excluding tert-OH is 2.